The first-order chi connectivity index (χ1) is 26.0. The van der Waals surface area contributed by atoms with Gasteiger partial charge in [-0.1, -0.05) is 128 Å². The molecule has 5 heteroatoms. The number of carbonyl (C=O) groups is 1. The number of carbonyl (C=O) groups excluding carboxylic acids is 1. The second kappa shape index (κ2) is 15.6. The number of benzene rings is 3. The van der Waals surface area contributed by atoms with Crippen LogP contribution in [0.5, 0.6) is 0 Å². The topological polar surface area (TPSA) is 74.4 Å². The Morgan fingerprint density at radius 2 is 1.28 bits per heavy atom. The Labute approximate surface area is 310 Å². The molecule has 4 heterocycles. The van der Waals surface area contributed by atoms with E-state index in [-0.39, 0.29) is 0 Å². The zero-order valence-electron chi connectivity index (χ0n) is 29.9. The number of fused-ring (bicyclic) bond motifs is 6. The lowest BCUT2D eigenvalue weighted by Gasteiger charge is -2.13. The van der Waals surface area contributed by atoms with Crippen LogP contribution in [0.1, 0.15) is 45.6 Å². The zero-order chi connectivity index (χ0) is 36.7. The Bertz CT molecular complexity index is 2580. The summed E-state index contributed by atoms with van der Waals surface area (Å²) in [4.78, 5) is 30.0. The van der Waals surface area contributed by atoms with Gasteiger partial charge >= 0.3 is 0 Å². The van der Waals surface area contributed by atoms with Gasteiger partial charge in [0.25, 0.3) is 0 Å². The summed E-state index contributed by atoms with van der Waals surface area (Å²) < 4.78 is 0. The fraction of sp³-hybridized carbons (Fsp3) is 0.0625. The van der Waals surface area contributed by atoms with Crippen molar-refractivity contribution < 1.29 is 4.79 Å². The number of aryl methyl sites for hydroxylation is 1. The third kappa shape index (κ3) is 7.06. The lowest BCUT2D eigenvalue weighted by Crippen LogP contribution is -2.00. The van der Waals surface area contributed by atoms with Gasteiger partial charge in [-0.3, -0.25) is 14.8 Å². The van der Waals surface area contributed by atoms with E-state index < -0.39 is 0 Å². The number of nitrogens with one attached hydrogen (secondary N) is 2. The highest BCUT2D eigenvalue weighted by atomic mass is 16.1. The molecule has 2 N–H and O–H groups in total. The highest BCUT2D eigenvalue weighted by molar-refractivity contribution is 5.94. The van der Waals surface area contributed by atoms with Crippen molar-refractivity contribution in [3.05, 3.63) is 187 Å². The summed E-state index contributed by atoms with van der Waals surface area (Å²) in [6, 6.07) is 36.7. The van der Waals surface area contributed by atoms with Gasteiger partial charge in [0, 0.05) is 62.0 Å². The van der Waals surface area contributed by atoms with Gasteiger partial charge in [0.2, 0.25) is 0 Å². The summed E-state index contributed by atoms with van der Waals surface area (Å²) in [5, 5.41) is 0. The Balaban J connectivity index is 1.75. The summed E-state index contributed by atoms with van der Waals surface area (Å²) in [6.07, 6.45) is 15.5. The van der Waals surface area contributed by atoms with Gasteiger partial charge < -0.3 is 9.97 Å². The smallest absolute Gasteiger partial charge is 0.150 e. The number of hydrogen-bond acceptors (Lipinski definition) is 3. The number of aromatic nitrogens is 4. The molecule has 258 valence electrons. The fourth-order valence-electron chi connectivity index (χ4n) is 7.01. The van der Waals surface area contributed by atoms with Crippen LogP contribution in [0.2, 0.25) is 0 Å². The number of aromatic amines is 2. The maximum absolute atomic E-state index is 11.6. The molecule has 3 aromatic heterocycles. The van der Waals surface area contributed by atoms with Gasteiger partial charge in [-0.25, -0.2) is 0 Å². The third-order valence-corrected chi connectivity index (χ3v) is 9.33. The summed E-state index contributed by atoms with van der Waals surface area (Å²) in [7, 11) is 0. The molecule has 0 saturated carbocycles. The quantitative estimate of drug-likeness (QED) is 0.123. The van der Waals surface area contributed by atoms with Gasteiger partial charge in [-0.05, 0) is 72.5 Å². The Morgan fingerprint density at radius 1 is 0.698 bits per heavy atom. The Hall–Kier alpha value is -6.85. The molecule has 0 fully saturated rings. The van der Waals surface area contributed by atoms with Crippen molar-refractivity contribution >= 4 is 46.1 Å². The lowest BCUT2D eigenvalue weighted by atomic mass is 9.97. The van der Waals surface area contributed by atoms with Crippen LogP contribution < -0.4 is 0 Å². The fourth-order valence-corrected chi connectivity index (χ4v) is 7.01. The van der Waals surface area contributed by atoms with Crippen LogP contribution in [-0.2, 0) is 6.42 Å². The molecule has 0 aliphatic carbocycles. The molecule has 1 aliphatic rings. The molecule has 6 aromatic rings. The summed E-state index contributed by atoms with van der Waals surface area (Å²) in [5.74, 6) is 0. The van der Waals surface area contributed by atoms with Crippen molar-refractivity contribution in [1.29, 1.82) is 0 Å². The molecular formula is C48H40N4O. The number of hydrogen-bond donors (Lipinski definition) is 2. The minimum atomic E-state index is 0.612. The van der Waals surface area contributed by atoms with E-state index in [4.69, 9.17) is 9.97 Å². The van der Waals surface area contributed by atoms with Crippen LogP contribution in [0.4, 0.5) is 0 Å². The van der Waals surface area contributed by atoms with Crippen LogP contribution in [0.15, 0.2) is 153 Å². The number of aldehydes is 1. The van der Waals surface area contributed by atoms with E-state index >= 15 is 0 Å². The van der Waals surface area contributed by atoms with Gasteiger partial charge in [-0.2, -0.15) is 0 Å². The first kappa shape index (κ1) is 34.6. The highest BCUT2D eigenvalue weighted by Crippen LogP contribution is 2.35. The normalized spacial score (nSPS) is 12.1. The monoisotopic (exact) mass is 688 g/mol. The predicted molar refractivity (Wildman–Crippen MR) is 223 cm³/mol. The molecule has 0 atom stereocenters. The van der Waals surface area contributed by atoms with Crippen molar-refractivity contribution in [2.45, 2.75) is 20.3 Å². The number of rotatable bonds is 8. The van der Waals surface area contributed by atoms with E-state index in [1.54, 1.807) is 6.08 Å². The Morgan fingerprint density at radius 3 is 1.91 bits per heavy atom. The molecule has 0 unspecified atom stereocenters. The third-order valence-electron chi connectivity index (χ3n) is 9.33. The van der Waals surface area contributed by atoms with Crippen LogP contribution in [0.3, 0.4) is 0 Å². The number of allylic oxidation sites excluding steroid dienone is 6. The predicted octanol–water partition coefficient (Wildman–Crippen LogP) is 12.2. The van der Waals surface area contributed by atoms with Crippen molar-refractivity contribution in [3.63, 3.8) is 0 Å². The van der Waals surface area contributed by atoms with Crippen LogP contribution in [-0.4, -0.2) is 26.2 Å². The van der Waals surface area contributed by atoms with Gasteiger partial charge in [0.15, 0.2) is 0 Å². The molecule has 0 amide bonds. The summed E-state index contributed by atoms with van der Waals surface area (Å²) in [5.41, 5.74) is 15.3. The minimum Gasteiger partial charge on any atom is -0.354 e. The van der Waals surface area contributed by atoms with Crippen LogP contribution in [0.25, 0.3) is 73.2 Å². The summed E-state index contributed by atoms with van der Waals surface area (Å²) in [6.45, 7) is 12.4. The molecule has 7 rings (SSSR count). The van der Waals surface area contributed by atoms with E-state index in [1.807, 2.05) is 85.8 Å². The van der Waals surface area contributed by atoms with Crippen molar-refractivity contribution in [2.24, 2.45) is 0 Å². The molecule has 53 heavy (non-hydrogen) atoms. The average Bonchev–Trinajstić information content (AvgIpc) is 3.87. The molecule has 3 aromatic carbocycles. The highest BCUT2D eigenvalue weighted by Gasteiger charge is 2.17. The maximum Gasteiger partial charge on any atom is 0.150 e. The molecular weight excluding hydrogens is 649 g/mol. The molecule has 0 saturated heterocycles. The molecule has 0 radical (unpaired) electrons. The van der Waals surface area contributed by atoms with Crippen molar-refractivity contribution in [3.8, 4) is 33.4 Å². The first-order valence-electron chi connectivity index (χ1n) is 17.7. The van der Waals surface area contributed by atoms with E-state index in [2.05, 4.69) is 96.8 Å². The zero-order valence-corrected chi connectivity index (χ0v) is 29.9. The van der Waals surface area contributed by atoms with E-state index in [0.29, 0.717) is 12.0 Å². The first-order valence-corrected chi connectivity index (χ1v) is 17.7. The second-order valence-electron chi connectivity index (χ2n) is 12.7. The average molecular weight is 689 g/mol. The largest absolute Gasteiger partial charge is 0.354 e. The van der Waals surface area contributed by atoms with Crippen LogP contribution in [0, 0.1) is 6.92 Å². The van der Waals surface area contributed by atoms with Gasteiger partial charge in [-0.15, -0.1) is 0 Å². The molecule has 1 aliphatic heterocycles. The van der Waals surface area contributed by atoms with E-state index in [1.165, 1.54) is 0 Å². The van der Waals surface area contributed by atoms with Crippen LogP contribution >= 0.6 is 0 Å². The van der Waals surface area contributed by atoms with E-state index in [9.17, 15) is 4.79 Å². The standard InChI is InChI=1S/C48H40N4O/c1-5-15-34(16-6-2)47-39-21-14-22-40(50-39)48(37-25-23-33(31-53)24-26-37)44-30-29-42(52-44)46(36-19-12-9-13-20-36)38(7-3)49-32(4)45(35-17-10-8-11-18-35)41-27-28-43(47)51-41/h5-21,23-31,51-52H,1,3,22H2,2,4H3/b16-6-,34-15+,45-32?,45-41?,46-38?,46-42?,47-39?,47-43?,48-40?,48-44?,49-32?,49-38?. The maximum atomic E-state index is 11.6. The summed E-state index contributed by atoms with van der Waals surface area (Å²) >= 11 is 0. The van der Waals surface area contributed by atoms with Gasteiger partial charge in [0.05, 0.1) is 17.1 Å². The number of nitrogens with zero attached hydrogens (tertiary/aromatic N) is 2. The van der Waals surface area contributed by atoms with Crippen molar-refractivity contribution in [2.75, 3.05) is 0 Å². The van der Waals surface area contributed by atoms with Crippen molar-refractivity contribution in [1.82, 2.24) is 19.9 Å². The van der Waals surface area contributed by atoms with Gasteiger partial charge in [0.1, 0.15) is 6.29 Å². The molecule has 5 nitrogen and oxygen atoms in total. The molecule has 0 spiro atoms. The van der Waals surface area contributed by atoms with E-state index in [0.717, 1.165) is 95.6 Å². The Kier molecular flexibility index (Phi) is 10.2. The molecule has 6 bridgehead atoms. The second-order valence-corrected chi connectivity index (χ2v) is 12.7. The lowest BCUT2D eigenvalue weighted by molar-refractivity contribution is 0.112. The number of H-pyrrole nitrogens is 2. The minimum absolute atomic E-state index is 0.612. The SMILES string of the molecule is C=C/C=C(\C=C/C)c1c2nc(c(-c3ccc(C=O)cc3)c3ccc([nH]3)c(-c3ccccc3)c(C=C)nc(C)c(-c3ccccc3)c3ccc1[nH]3)CC=C2.